The number of rotatable bonds is 5. The second-order valence-corrected chi connectivity index (χ2v) is 3.46. The summed E-state index contributed by atoms with van der Waals surface area (Å²) in [6.07, 6.45) is 1.55. The van der Waals surface area contributed by atoms with Crippen LogP contribution in [0, 0.1) is 0 Å². The van der Waals surface area contributed by atoms with Gasteiger partial charge in [0.2, 0.25) is 0 Å². The first kappa shape index (κ1) is 10.9. The standard InChI is InChI=1S/C9H18O4/c1-9(4-3-5-11-2)12-7-8(6-10)13-9/h8,10H,3-7H2,1-2H3. The van der Waals surface area contributed by atoms with Crippen LogP contribution in [0.4, 0.5) is 0 Å². The molecule has 4 nitrogen and oxygen atoms in total. The van der Waals surface area contributed by atoms with Gasteiger partial charge in [-0.3, -0.25) is 0 Å². The summed E-state index contributed by atoms with van der Waals surface area (Å²) in [5.41, 5.74) is 0. The highest BCUT2D eigenvalue weighted by Gasteiger charge is 2.36. The number of hydrogen-bond donors (Lipinski definition) is 1. The van der Waals surface area contributed by atoms with Crippen molar-refractivity contribution in [2.75, 3.05) is 26.9 Å². The van der Waals surface area contributed by atoms with Crippen molar-refractivity contribution < 1.29 is 19.3 Å². The van der Waals surface area contributed by atoms with E-state index in [1.807, 2.05) is 6.92 Å². The SMILES string of the molecule is COCCCC1(C)OCC(CO)O1. The van der Waals surface area contributed by atoms with E-state index in [4.69, 9.17) is 19.3 Å². The summed E-state index contributed by atoms with van der Waals surface area (Å²) in [7, 11) is 1.68. The Kier molecular flexibility index (Phi) is 4.12. The summed E-state index contributed by atoms with van der Waals surface area (Å²) in [5, 5.41) is 8.84. The van der Waals surface area contributed by atoms with Gasteiger partial charge in [0.05, 0.1) is 13.2 Å². The summed E-state index contributed by atoms with van der Waals surface area (Å²) in [4.78, 5) is 0. The second-order valence-electron chi connectivity index (χ2n) is 3.46. The van der Waals surface area contributed by atoms with Crippen LogP contribution in [0.2, 0.25) is 0 Å². The van der Waals surface area contributed by atoms with Crippen LogP contribution >= 0.6 is 0 Å². The van der Waals surface area contributed by atoms with Gasteiger partial charge < -0.3 is 19.3 Å². The quantitative estimate of drug-likeness (QED) is 0.643. The van der Waals surface area contributed by atoms with E-state index >= 15 is 0 Å². The summed E-state index contributed by atoms with van der Waals surface area (Å²) in [6, 6.07) is 0. The first-order chi connectivity index (χ1) is 6.20. The number of methoxy groups -OCH3 is 1. The van der Waals surface area contributed by atoms with Crippen molar-refractivity contribution in [1.82, 2.24) is 0 Å². The van der Waals surface area contributed by atoms with Gasteiger partial charge in [0.15, 0.2) is 5.79 Å². The molecular weight excluding hydrogens is 172 g/mol. The van der Waals surface area contributed by atoms with Crippen LogP contribution in [0.15, 0.2) is 0 Å². The molecule has 0 saturated carbocycles. The number of aliphatic hydroxyl groups excluding tert-OH is 1. The molecule has 0 aliphatic carbocycles. The fourth-order valence-electron chi connectivity index (χ4n) is 1.45. The van der Waals surface area contributed by atoms with Gasteiger partial charge in [-0.05, 0) is 13.3 Å². The van der Waals surface area contributed by atoms with Gasteiger partial charge in [-0.2, -0.15) is 0 Å². The molecule has 13 heavy (non-hydrogen) atoms. The lowest BCUT2D eigenvalue weighted by Crippen LogP contribution is -2.27. The molecule has 2 atom stereocenters. The highest BCUT2D eigenvalue weighted by Crippen LogP contribution is 2.27. The van der Waals surface area contributed by atoms with E-state index in [9.17, 15) is 0 Å². The van der Waals surface area contributed by atoms with Gasteiger partial charge in [-0.25, -0.2) is 0 Å². The van der Waals surface area contributed by atoms with Crippen LogP contribution in [0.5, 0.6) is 0 Å². The zero-order valence-electron chi connectivity index (χ0n) is 8.28. The summed E-state index contributed by atoms with van der Waals surface area (Å²) in [5.74, 6) is -0.522. The molecule has 0 spiro atoms. The Hall–Kier alpha value is -0.160. The maximum absolute atomic E-state index is 8.84. The first-order valence-corrected chi connectivity index (χ1v) is 4.62. The van der Waals surface area contributed by atoms with Gasteiger partial charge in [0.1, 0.15) is 6.10 Å². The number of hydrogen-bond acceptors (Lipinski definition) is 4. The van der Waals surface area contributed by atoms with Gasteiger partial charge >= 0.3 is 0 Å². The van der Waals surface area contributed by atoms with Gasteiger partial charge in [0, 0.05) is 20.1 Å². The molecule has 1 saturated heterocycles. The molecule has 0 bridgehead atoms. The summed E-state index contributed by atoms with van der Waals surface area (Å²) >= 11 is 0. The van der Waals surface area contributed by atoms with Crippen LogP contribution in [0.25, 0.3) is 0 Å². The second kappa shape index (κ2) is 4.91. The van der Waals surface area contributed by atoms with E-state index in [1.54, 1.807) is 7.11 Å². The molecule has 0 aromatic heterocycles. The smallest absolute Gasteiger partial charge is 0.166 e. The highest BCUT2D eigenvalue weighted by molar-refractivity contribution is 4.74. The first-order valence-electron chi connectivity index (χ1n) is 4.62. The van der Waals surface area contributed by atoms with Crippen molar-refractivity contribution in [1.29, 1.82) is 0 Å². The molecule has 4 heteroatoms. The lowest BCUT2D eigenvalue weighted by atomic mass is 10.2. The summed E-state index contributed by atoms with van der Waals surface area (Å²) < 4.78 is 15.9. The zero-order valence-corrected chi connectivity index (χ0v) is 8.28. The molecule has 1 N–H and O–H groups in total. The van der Waals surface area contributed by atoms with Gasteiger partial charge in [0.25, 0.3) is 0 Å². The molecule has 0 aromatic rings. The maximum atomic E-state index is 8.84. The molecule has 1 rings (SSSR count). The largest absolute Gasteiger partial charge is 0.394 e. The average Bonchev–Trinajstić information content (AvgIpc) is 2.49. The molecule has 1 heterocycles. The van der Waals surface area contributed by atoms with E-state index in [1.165, 1.54) is 0 Å². The molecule has 0 radical (unpaired) electrons. The zero-order chi connectivity index (χ0) is 9.73. The number of aliphatic hydroxyl groups is 1. The van der Waals surface area contributed by atoms with Gasteiger partial charge in [-0.15, -0.1) is 0 Å². The Morgan fingerprint density at radius 2 is 2.38 bits per heavy atom. The lowest BCUT2D eigenvalue weighted by Gasteiger charge is -2.22. The average molecular weight is 190 g/mol. The van der Waals surface area contributed by atoms with Crippen LogP contribution in [0.3, 0.4) is 0 Å². The predicted molar refractivity (Wildman–Crippen MR) is 47.4 cm³/mol. The van der Waals surface area contributed by atoms with Crippen molar-refractivity contribution in [2.24, 2.45) is 0 Å². The van der Waals surface area contributed by atoms with E-state index in [-0.39, 0.29) is 12.7 Å². The van der Waals surface area contributed by atoms with Gasteiger partial charge in [-0.1, -0.05) is 0 Å². The minimum absolute atomic E-state index is 0.0276. The third-order valence-corrected chi connectivity index (χ3v) is 2.17. The maximum Gasteiger partial charge on any atom is 0.166 e. The minimum Gasteiger partial charge on any atom is -0.394 e. The van der Waals surface area contributed by atoms with Crippen LogP contribution in [-0.2, 0) is 14.2 Å². The molecule has 2 unspecified atom stereocenters. The molecule has 78 valence electrons. The Balaban J connectivity index is 2.23. The van der Waals surface area contributed by atoms with Crippen molar-refractivity contribution in [3.63, 3.8) is 0 Å². The van der Waals surface area contributed by atoms with Crippen molar-refractivity contribution >= 4 is 0 Å². The van der Waals surface area contributed by atoms with Crippen LogP contribution in [0.1, 0.15) is 19.8 Å². The Bertz CT molecular complexity index is 151. The Morgan fingerprint density at radius 1 is 1.62 bits per heavy atom. The highest BCUT2D eigenvalue weighted by atomic mass is 16.7. The monoisotopic (exact) mass is 190 g/mol. The fourth-order valence-corrected chi connectivity index (χ4v) is 1.45. The molecule has 0 aromatic carbocycles. The third-order valence-electron chi connectivity index (χ3n) is 2.17. The molecule has 0 amide bonds. The van der Waals surface area contributed by atoms with E-state index in [0.717, 1.165) is 12.8 Å². The normalized spacial score (nSPS) is 33.9. The molecular formula is C9H18O4. The summed E-state index contributed by atoms with van der Waals surface area (Å²) in [6.45, 7) is 3.13. The lowest BCUT2D eigenvalue weighted by molar-refractivity contribution is -0.163. The molecule has 1 fully saturated rings. The van der Waals surface area contributed by atoms with Crippen molar-refractivity contribution in [3.8, 4) is 0 Å². The van der Waals surface area contributed by atoms with E-state index < -0.39 is 5.79 Å². The fraction of sp³-hybridized carbons (Fsp3) is 1.00. The van der Waals surface area contributed by atoms with Crippen LogP contribution in [-0.4, -0.2) is 43.9 Å². The van der Waals surface area contributed by atoms with Crippen molar-refractivity contribution in [3.05, 3.63) is 0 Å². The topological polar surface area (TPSA) is 47.9 Å². The minimum atomic E-state index is -0.522. The third kappa shape index (κ3) is 3.23. The van der Waals surface area contributed by atoms with E-state index in [2.05, 4.69) is 0 Å². The predicted octanol–water partition coefficient (Wildman–Crippen LogP) is 0.537. The molecule has 1 aliphatic heterocycles. The Morgan fingerprint density at radius 3 is 2.92 bits per heavy atom. The Labute approximate surface area is 78.8 Å². The molecule has 1 aliphatic rings. The van der Waals surface area contributed by atoms with Crippen LogP contribution < -0.4 is 0 Å². The van der Waals surface area contributed by atoms with E-state index in [0.29, 0.717) is 13.2 Å². The number of ether oxygens (including phenoxy) is 3. The van der Waals surface area contributed by atoms with Crippen molar-refractivity contribution in [2.45, 2.75) is 31.7 Å².